The summed E-state index contributed by atoms with van der Waals surface area (Å²) in [5.41, 5.74) is 2.42. The van der Waals surface area contributed by atoms with Crippen molar-refractivity contribution in [2.75, 3.05) is 20.8 Å². The Morgan fingerprint density at radius 2 is 1.86 bits per heavy atom. The van der Waals surface area contributed by atoms with E-state index >= 15 is 4.39 Å². The Morgan fingerprint density at radius 3 is 2.56 bits per heavy atom. The SMILES string of the molecule is COC[C@@H](OC)[C@@H](Cc1ccccn1)NC(=O)c1cccc(F)c1-c1cc(-c2ccc(F)cc2)[nH]n1. The smallest absolute Gasteiger partial charge is 0.252 e. The average molecular weight is 493 g/mol. The molecule has 2 heterocycles. The Kier molecular flexibility index (Phi) is 8.14. The summed E-state index contributed by atoms with van der Waals surface area (Å²) in [6, 6.07) is 16.8. The molecule has 2 N–H and O–H groups in total. The lowest BCUT2D eigenvalue weighted by Crippen LogP contribution is -2.47. The highest BCUT2D eigenvalue weighted by Gasteiger charge is 2.27. The van der Waals surface area contributed by atoms with Crippen LogP contribution in [-0.2, 0) is 15.9 Å². The molecule has 9 heteroatoms. The lowest BCUT2D eigenvalue weighted by molar-refractivity contribution is 0.00525. The van der Waals surface area contributed by atoms with Crippen molar-refractivity contribution in [3.05, 3.63) is 95.8 Å². The number of H-pyrrole nitrogens is 1. The second kappa shape index (κ2) is 11.7. The number of hydrogen-bond acceptors (Lipinski definition) is 5. The molecule has 2 aromatic carbocycles. The molecule has 0 bridgehead atoms. The fourth-order valence-corrected chi connectivity index (χ4v) is 3.98. The van der Waals surface area contributed by atoms with Gasteiger partial charge in [0.1, 0.15) is 17.7 Å². The van der Waals surface area contributed by atoms with Crippen molar-refractivity contribution in [1.82, 2.24) is 20.5 Å². The van der Waals surface area contributed by atoms with Crippen LogP contribution in [0.5, 0.6) is 0 Å². The van der Waals surface area contributed by atoms with Gasteiger partial charge in [0.25, 0.3) is 5.91 Å². The second-order valence-corrected chi connectivity index (χ2v) is 8.17. The fourth-order valence-electron chi connectivity index (χ4n) is 3.98. The third kappa shape index (κ3) is 5.81. The zero-order chi connectivity index (χ0) is 25.5. The Morgan fingerprint density at radius 1 is 1.06 bits per heavy atom. The molecule has 0 saturated carbocycles. The average Bonchev–Trinajstić information content (AvgIpc) is 3.37. The van der Waals surface area contributed by atoms with Gasteiger partial charge in [0.2, 0.25) is 0 Å². The Labute approximate surface area is 207 Å². The molecule has 36 heavy (non-hydrogen) atoms. The molecule has 0 unspecified atom stereocenters. The topological polar surface area (TPSA) is 89.1 Å². The number of aromatic nitrogens is 3. The maximum Gasteiger partial charge on any atom is 0.252 e. The van der Waals surface area contributed by atoms with E-state index in [1.165, 1.54) is 37.4 Å². The fraction of sp³-hybridized carbons (Fsp3) is 0.222. The molecule has 0 aliphatic rings. The lowest BCUT2D eigenvalue weighted by atomic mass is 10.00. The molecular formula is C27H26F2N4O3. The van der Waals surface area contributed by atoms with Crippen LogP contribution in [0.2, 0.25) is 0 Å². The Balaban J connectivity index is 1.64. The summed E-state index contributed by atoms with van der Waals surface area (Å²) in [4.78, 5) is 17.8. The number of ether oxygens (including phenoxy) is 2. The molecule has 0 aliphatic heterocycles. The molecule has 2 atom stereocenters. The molecule has 1 amide bonds. The van der Waals surface area contributed by atoms with E-state index in [1.54, 1.807) is 31.5 Å². The summed E-state index contributed by atoms with van der Waals surface area (Å²) in [5, 5.41) is 10.0. The molecular weight excluding hydrogens is 466 g/mol. The van der Waals surface area contributed by atoms with Gasteiger partial charge in [-0.1, -0.05) is 12.1 Å². The van der Waals surface area contributed by atoms with Crippen LogP contribution in [0, 0.1) is 11.6 Å². The van der Waals surface area contributed by atoms with Crippen molar-refractivity contribution < 1.29 is 23.0 Å². The van der Waals surface area contributed by atoms with Gasteiger partial charge in [0.05, 0.1) is 35.2 Å². The second-order valence-electron chi connectivity index (χ2n) is 8.17. The van der Waals surface area contributed by atoms with Crippen molar-refractivity contribution in [2.45, 2.75) is 18.6 Å². The summed E-state index contributed by atoms with van der Waals surface area (Å²) in [6.07, 6.45) is 1.59. The number of rotatable bonds is 10. The Bertz CT molecular complexity index is 1300. The van der Waals surface area contributed by atoms with Gasteiger partial charge in [0.15, 0.2) is 0 Å². The molecule has 0 spiro atoms. The van der Waals surface area contributed by atoms with E-state index in [0.29, 0.717) is 17.7 Å². The van der Waals surface area contributed by atoms with Crippen molar-refractivity contribution in [1.29, 1.82) is 0 Å². The van der Waals surface area contributed by atoms with E-state index in [0.717, 1.165) is 5.69 Å². The molecule has 186 valence electrons. The zero-order valence-electron chi connectivity index (χ0n) is 19.9. The largest absolute Gasteiger partial charge is 0.382 e. The van der Waals surface area contributed by atoms with Gasteiger partial charge in [0, 0.05) is 32.5 Å². The number of hydrogen-bond donors (Lipinski definition) is 2. The minimum atomic E-state index is -0.596. The number of aromatic amines is 1. The number of nitrogens with one attached hydrogen (secondary N) is 2. The van der Waals surface area contributed by atoms with Crippen LogP contribution in [0.1, 0.15) is 16.1 Å². The zero-order valence-corrected chi connectivity index (χ0v) is 19.9. The van der Waals surface area contributed by atoms with Crippen LogP contribution in [0.3, 0.4) is 0 Å². The molecule has 0 radical (unpaired) electrons. The summed E-state index contributed by atoms with van der Waals surface area (Å²) in [7, 11) is 3.09. The summed E-state index contributed by atoms with van der Waals surface area (Å²) in [6.45, 7) is 0.241. The molecule has 4 aromatic rings. The number of amides is 1. The van der Waals surface area contributed by atoms with Gasteiger partial charge in [-0.3, -0.25) is 14.9 Å². The van der Waals surface area contributed by atoms with Crippen LogP contribution in [-0.4, -0.2) is 54.1 Å². The number of methoxy groups -OCH3 is 2. The van der Waals surface area contributed by atoms with Crippen LogP contribution < -0.4 is 5.32 Å². The first-order valence-corrected chi connectivity index (χ1v) is 11.3. The number of halogens is 2. The summed E-state index contributed by atoms with van der Waals surface area (Å²) >= 11 is 0. The van der Waals surface area contributed by atoms with E-state index in [9.17, 15) is 9.18 Å². The van der Waals surface area contributed by atoms with E-state index in [4.69, 9.17) is 9.47 Å². The van der Waals surface area contributed by atoms with E-state index in [2.05, 4.69) is 20.5 Å². The van der Waals surface area contributed by atoms with E-state index in [-0.39, 0.29) is 29.2 Å². The molecule has 0 aliphatic carbocycles. The van der Waals surface area contributed by atoms with Gasteiger partial charge in [-0.2, -0.15) is 5.10 Å². The third-order valence-electron chi connectivity index (χ3n) is 5.80. The first-order valence-electron chi connectivity index (χ1n) is 11.3. The number of carbonyl (C=O) groups excluding carboxylic acids is 1. The van der Waals surface area contributed by atoms with Crippen LogP contribution >= 0.6 is 0 Å². The standard InChI is InChI=1S/C27H26F2N4O3/c1-35-16-25(36-2)23(14-19-6-3-4-13-30-19)31-27(34)20-7-5-8-21(29)26(20)24-15-22(32-33-24)17-9-11-18(28)12-10-17/h3-13,15,23,25H,14,16H2,1-2H3,(H,31,34)(H,32,33)/t23-,25-/m1/s1. The van der Waals surface area contributed by atoms with Crippen molar-refractivity contribution in [3.63, 3.8) is 0 Å². The monoisotopic (exact) mass is 492 g/mol. The minimum absolute atomic E-state index is 0.0527. The molecule has 2 aromatic heterocycles. The van der Waals surface area contributed by atoms with Crippen LogP contribution in [0.25, 0.3) is 22.5 Å². The summed E-state index contributed by atoms with van der Waals surface area (Å²) in [5.74, 6) is -1.45. The quantitative estimate of drug-likeness (QED) is 0.342. The normalized spacial score (nSPS) is 12.8. The predicted molar refractivity (Wildman–Crippen MR) is 131 cm³/mol. The molecule has 0 saturated heterocycles. The van der Waals surface area contributed by atoms with Gasteiger partial charge in [-0.15, -0.1) is 0 Å². The first-order chi connectivity index (χ1) is 17.5. The van der Waals surface area contributed by atoms with Gasteiger partial charge >= 0.3 is 0 Å². The maximum absolute atomic E-state index is 15.1. The van der Waals surface area contributed by atoms with Crippen molar-refractivity contribution >= 4 is 5.91 Å². The van der Waals surface area contributed by atoms with Crippen LogP contribution in [0.15, 0.2) is 72.9 Å². The first kappa shape index (κ1) is 25.2. The lowest BCUT2D eigenvalue weighted by Gasteiger charge is -2.26. The third-order valence-corrected chi connectivity index (χ3v) is 5.80. The van der Waals surface area contributed by atoms with Crippen molar-refractivity contribution in [3.8, 4) is 22.5 Å². The predicted octanol–water partition coefficient (Wildman–Crippen LogP) is 4.42. The number of pyridine rings is 1. The van der Waals surface area contributed by atoms with Gasteiger partial charge < -0.3 is 14.8 Å². The highest BCUT2D eigenvalue weighted by atomic mass is 19.1. The Hall–Kier alpha value is -3.95. The van der Waals surface area contributed by atoms with Gasteiger partial charge in [-0.05, 0) is 60.2 Å². The van der Waals surface area contributed by atoms with E-state index < -0.39 is 23.9 Å². The minimum Gasteiger partial charge on any atom is -0.382 e. The highest BCUT2D eigenvalue weighted by Crippen LogP contribution is 2.29. The number of carbonyl (C=O) groups is 1. The maximum atomic E-state index is 15.1. The molecule has 0 fully saturated rings. The number of benzene rings is 2. The molecule has 4 rings (SSSR count). The van der Waals surface area contributed by atoms with Gasteiger partial charge in [-0.25, -0.2) is 8.78 Å². The van der Waals surface area contributed by atoms with E-state index in [1.807, 2.05) is 18.2 Å². The summed E-state index contributed by atoms with van der Waals surface area (Å²) < 4.78 is 39.2. The molecule has 7 nitrogen and oxygen atoms in total. The highest BCUT2D eigenvalue weighted by molar-refractivity contribution is 6.01. The van der Waals surface area contributed by atoms with Crippen LogP contribution in [0.4, 0.5) is 8.78 Å². The number of nitrogens with zero attached hydrogens (tertiary/aromatic N) is 2. The van der Waals surface area contributed by atoms with Crippen molar-refractivity contribution in [2.24, 2.45) is 0 Å².